The quantitative estimate of drug-likeness (QED) is 0.851. The Morgan fingerprint density at radius 1 is 1.29 bits per heavy atom. The van der Waals surface area contributed by atoms with Crippen LogP contribution in [0.5, 0.6) is 0 Å². The molecule has 1 aromatic rings. The van der Waals surface area contributed by atoms with Gasteiger partial charge in [-0.1, -0.05) is 50.9 Å². The third kappa shape index (κ3) is 3.59. The summed E-state index contributed by atoms with van der Waals surface area (Å²) < 4.78 is 3.92. The molecule has 2 rings (SSSR count). The third-order valence-corrected chi connectivity index (χ3v) is 4.65. The average molecular weight is 306 g/mol. The Kier molecular flexibility index (Phi) is 4.62. The van der Waals surface area contributed by atoms with Crippen LogP contribution in [0.1, 0.15) is 74.7 Å². The Bertz CT molecular complexity index is 545. The molecular weight excluding hydrogens is 284 g/mol. The van der Waals surface area contributed by atoms with E-state index in [0.717, 1.165) is 50.1 Å². The van der Waals surface area contributed by atoms with Crippen molar-refractivity contribution < 1.29 is 4.79 Å². The van der Waals surface area contributed by atoms with E-state index < -0.39 is 5.54 Å². The Hall–Kier alpha value is -1.48. The second-order valence-corrected chi connectivity index (χ2v) is 7.52. The second kappa shape index (κ2) is 6.10. The standard InChI is InChI=1S/C15H22N4OS/c1-14(2,3)12-11(21-19-18-12)13(20)17-15(10-16)8-6-4-5-7-9-15/h4-9H2,1-3H3,(H,17,20). The van der Waals surface area contributed by atoms with Crippen molar-refractivity contribution in [3.63, 3.8) is 0 Å². The number of nitrogens with one attached hydrogen (secondary N) is 1. The van der Waals surface area contributed by atoms with E-state index in [1.165, 1.54) is 0 Å². The highest BCUT2D eigenvalue weighted by molar-refractivity contribution is 7.08. The maximum Gasteiger partial charge on any atom is 0.266 e. The van der Waals surface area contributed by atoms with E-state index in [0.29, 0.717) is 10.6 Å². The number of aromatic nitrogens is 2. The summed E-state index contributed by atoms with van der Waals surface area (Å²) in [4.78, 5) is 13.1. The molecule has 5 nitrogen and oxygen atoms in total. The maximum atomic E-state index is 12.6. The van der Waals surface area contributed by atoms with Crippen molar-refractivity contribution in [3.8, 4) is 6.07 Å². The van der Waals surface area contributed by atoms with Crippen molar-refractivity contribution >= 4 is 17.4 Å². The lowest BCUT2D eigenvalue weighted by Crippen LogP contribution is -2.47. The molecule has 1 saturated carbocycles. The van der Waals surface area contributed by atoms with E-state index in [1.54, 1.807) is 0 Å². The predicted molar refractivity (Wildman–Crippen MR) is 82.1 cm³/mol. The van der Waals surface area contributed by atoms with Crippen molar-refractivity contribution in [1.29, 1.82) is 5.26 Å². The molecule has 1 N–H and O–H groups in total. The van der Waals surface area contributed by atoms with Crippen LogP contribution < -0.4 is 5.32 Å². The smallest absolute Gasteiger partial charge is 0.266 e. The lowest BCUT2D eigenvalue weighted by atomic mass is 9.89. The van der Waals surface area contributed by atoms with Crippen LogP contribution in [0, 0.1) is 11.3 Å². The highest BCUT2D eigenvalue weighted by Gasteiger charge is 2.35. The van der Waals surface area contributed by atoms with Gasteiger partial charge in [-0.2, -0.15) is 5.26 Å². The number of nitriles is 1. The SMILES string of the molecule is CC(C)(C)c1nnsc1C(=O)NC1(C#N)CCCCCC1. The Morgan fingerprint density at radius 2 is 1.90 bits per heavy atom. The molecule has 0 aliphatic heterocycles. The molecule has 1 amide bonds. The largest absolute Gasteiger partial charge is 0.333 e. The van der Waals surface area contributed by atoms with Crippen LogP contribution in [0.15, 0.2) is 0 Å². The maximum absolute atomic E-state index is 12.6. The summed E-state index contributed by atoms with van der Waals surface area (Å²) in [6, 6.07) is 2.34. The number of nitrogens with zero attached hydrogens (tertiary/aromatic N) is 3. The van der Waals surface area contributed by atoms with Gasteiger partial charge in [0.25, 0.3) is 5.91 Å². The van der Waals surface area contributed by atoms with E-state index in [-0.39, 0.29) is 11.3 Å². The number of carbonyl (C=O) groups is 1. The number of carbonyl (C=O) groups excluding carboxylic acids is 1. The van der Waals surface area contributed by atoms with Crippen LogP contribution >= 0.6 is 11.5 Å². The summed E-state index contributed by atoms with van der Waals surface area (Å²) in [7, 11) is 0. The van der Waals surface area contributed by atoms with Gasteiger partial charge in [0.1, 0.15) is 10.4 Å². The summed E-state index contributed by atoms with van der Waals surface area (Å²) >= 11 is 1.10. The zero-order chi connectivity index (χ0) is 15.5. The van der Waals surface area contributed by atoms with Crippen molar-refractivity contribution in [3.05, 3.63) is 10.6 Å². The number of hydrogen-bond donors (Lipinski definition) is 1. The highest BCUT2D eigenvalue weighted by atomic mass is 32.1. The van der Waals surface area contributed by atoms with Gasteiger partial charge in [-0.3, -0.25) is 4.79 Å². The van der Waals surface area contributed by atoms with Crippen LogP contribution in [0.2, 0.25) is 0 Å². The summed E-state index contributed by atoms with van der Waals surface area (Å²) in [5.41, 5.74) is -0.262. The first-order chi connectivity index (χ1) is 9.88. The van der Waals surface area contributed by atoms with Gasteiger partial charge in [-0.05, 0) is 24.4 Å². The van der Waals surface area contributed by atoms with Gasteiger partial charge < -0.3 is 5.32 Å². The first kappa shape index (κ1) is 15.9. The van der Waals surface area contributed by atoms with Gasteiger partial charge in [-0.15, -0.1) is 5.10 Å². The summed E-state index contributed by atoms with van der Waals surface area (Å²) in [5.74, 6) is -0.210. The molecule has 1 aliphatic rings. The zero-order valence-electron chi connectivity index (χ0n) is 12.9. The van der Waals surface area contributed by atoms with E-state index in [1.807, 2.05) is 20.8 Å². The molecule has 0 aromatic carbocycles. The minimum Gasteiger partial charge on any atom is -0.333 e. The van der Waals surface area contributed by atoms with Gasteiger partial charge in [-0.25, -0.2) is 0 Å². The van der Waals surface area contributed by atoms with Gasteiger partial charge in [0.05, 0.1) is 11.8 Å². The minimum absolute atomic E-state index is 0.210. The molecule has 114 valence electrons. The first-order valence-electron chi connectivity index (χ1n) is 7.45. The molecule has 21 heavy (non-hydrogen) atoms. The fourth-order valence-electron chi connectivity index (χ4n) is 2.70. The van der Waals surface area contributed by atoms with E-state index in [2.05, 4.69) is 21.0 Å². The lowest BCUT2D eigenvalue weighted by molar-refractivity contribution is 0.0914. The molecule has 1 aliphatic carbocycles. The van der Waals surface area contributed by atoms with Gasteiger partial charge in [0.2, 0.25) is 0 Å². The second-order valence-electron chi connectivity index (χ2n) is 6.76. The summed E-state index contributed by atoms with van der Waals surface area (Å²) in [6.07, 6.45) is 5.70. The topological polar surface area (TPSA) is 78.7 Å². The van der Waals surface area contributed by atoms with Crippen LogP contribution in [0.4, 0.5) is 0 Å². The van der Waals surface area contributed by atoms with Crippen molar-refractivity contribution in [2.24, 2.45) is 0 Å². The molecule has 1 heterocycles. The van der Waals surface area contributed by atoms with Gasteiger partial charge >= 0.3 is 0 Å². The molecule has 6 heteroatoms. The van der Waals surface area contributed by atoms with E-state index in [9.17, 15) is 10.1 Å². The number of rotatable bonds is 2. The molecule has 0 saturated heterocycles. The van der Waals surface area contributed by atoms with Gasteiger partial charge in [0.15, 0.2) is 0 Å². The van der Waals surface area contributed by atoms with Crippen molar-refractivity contribution in [2.75, 3.05) is 0 Å². The Labute approximate surface area is 129 Å². The Balaban J connectivity index is 2.21. The number of hydrogen-bond acceptors (Lipinski definition) is 5. The molecule has 1 aromatic heterocycles. The molecule has 0 unspecified atom stereocenters. The fraction of sp³-hybridized carbons (Fsp3) is 0.733. The van der Waals surface area contributed by atoms with Gasteiger partial charge in [0, 0.05) is 5.41 Å². The van der Waals surface area contributed by atoms with Crippen LogP contribution in [0.25, 0.3) is 0 Å². The van der Waals surface area contributed by atoms with Crippen molar-refractivity contribution in [2.45, 2.75) is 70.3 Å². The summed E-state index contributed by atoms with van der Waals surface area (Å²) in [6.45, 7) is 6.02. The predicted octanol–water partition coefficient (Wildman–Crippen LogP) is 3.18. The molecule has 1 fully saturated rings. The van der Waals surface area contributed by atoms with E-state index >= 15 is 0 Å². The average Bonchev–Trinajstić information content (AvgIpc) is 2.81. The monoisotopic (exact) mass is 306 g/mol. The first-order valence-corrected chi connectivity index (χ1v) is 8.22. The lowest BCUT2D eigenvalue weighted by Gasteiger charge is -2.26. The summed E-state index contributed by atoms with van der Waals surface area (Å²) in [5, 5.41) is 16.6. The third-order valence-electron chi connectivity index (χ3n) is 3.93. The minimum atomic E-state index is -0.729. The molecule has 0 bridgehead atoms. The number of amides is 1. The fourth-order valence-corrected chi connectivity index (χ4v) is 3.47. The zero-order valence-corrected chi connectivity index (χ0v) is 13.7. The molecule has 0 atom stereocenters. The molecular formula is C15H22N4OS. The highest BCUT2D eigenvalue weighted by Crippen LogP contribution is 2.29. The molecule has 0 radical (unpaired) electrons. The normalized spacial score (nSPS) is 18.6. The van der Waals surface area contributed by atoms with Crippen LogP contribution in [-0.2, 0) is 5.41 Å². The van der Waals surface area contributed by atoms with Crippen LogP contribution in [0.3, 0.4) is 0 Å². The van der Waals surface area contributed by atoms with Crippen LogP contribution in [-0.4, -0.2) is 21.0 Å². The van der Waals surface area contributed by atoms with E-state index in [4.69, 9.17) is 0 Å². The Morgan fingerprint density at radius 3 is 2.43 bits per heavy atom. The molecule has 0 spiro atoms. The van der Waals surface area contributed by atoms with Crippen molar-refractivity contribution in [1.82, 2.24) is 14.9 Å².